The summed E-state index contributed by atoms with van der Waals surface area (Å²) in [6.45, 7) is 0.432. The van der Waals surface area contributed by atoms with Crippen LogP contribution in [0.15, 0.2) is 65.8 Å². The molecule has 7 heteroatoms. The minimum absolute atomic E-state index is 0.310. The van der Waals surface area contributed by atoms with E-state index in [0.717, 1.165) is 22.6 Å². The highest BCUT2D eigenvalue weighted by Crippen LogP contribution is 2.22. The van der Waals surface area contributed by atoms with E-state index < -0.39 is 0 Å². The van der Waals surface area contributed by atoms with E-state index in [1.165, 1.54) is 0 Å². The monoisotopic (exact) mass is 372 g/mol. The average Bonchev–Trinajstić information content (AvgIpc) is 2.73. The molecule has 0 amide bonds. The lowest BCUT2D eigenvalue weighted by atomic mass is 10.1. The molecule has 0 saturated heterocycles. The lowest BCUT2D eigenvalue weighted by Gasteiger charge is -2.10. The topological polar surface area (TPSA) is 100 Å². The third kappa shape index (κ3) is 4.83. The maximum absolute atomic E-state index is 8.83. The van der Waals surface area contributed by atoms with Crippen LogP contribution in [0.3, 0.4) is 0 Å². The molecular formula is C21H20N6O. The first-order chi connectivity index (χ1) is 13.5. The number of ether oxygens (including phenoxy) is 1. The molecule has 0 saturated carbocycles. The molecule has 0 fully saturated rings. The van der Waals surface area contributed by atoms with Gasteiger partial charge in [-0.25, -0.2) is 9.97 Å². The van der Waals surface area contributed by atoms with Crippen molar-refractivity contribution >= 4 is 11.9 Å². The third-order valence-electron chi connectivity index (χ3n) is 3.95. The molecule has 2 aromatic carbocycles. The second-order valence-electron chi connectivity index (χ2n) is 6.23. The number of nitrogens with two attached hydrogens (primary N) is 1. The standard InChI is InChI=1S/C21H20N6O/c1-27(2)20(23)26-21-24-12-11-19(25-21)17-7-9-18(10-8-17)28-14-16-5-3-15(13-22)4-6-16/h3-12H,14H2,1-2H3,(H2,23,24,25,26). The first kappa shape index (κ1) is 18.9. The fraction of sp³-hybridized carbons (Fsp3) is 0.143. The molecular weight excluding hydrogens is 352 g/mol. The SMILES string of the molecule is CN(C)/C(N)=N\c1nccc(-c2ccc(OCc3ccc(C#N)cc3)cc2)n1. The summed E-state index contributed by atoms with van der Waals surface area (Å²) in [6, 6.07) is 18.9. The molecule has 1 aromatic heterocycles. The molecule has 0 bridgehead atoms. The van der Waals surface area contributed by atoms with E-state index in [-0.39, 0.29) is 0 Å². The van der Waals surface area contributed by atoms with Crippen LogP contribution in [0.2, 0.25) is 0 Å². The van der Waals surface area contributed by atoms with E-state index in [2.05, 4.69) is 21.0 Å². The van der Waals surface area contributed by atoms with Crippen molar-refractivity contribution in [3.05, 3.63) is 71.9 Å². The van der Waals surface area contributed by atoms with Crippen LogP contribution in [0.25, 0.3) is 11.3 Å². The summed E-state index contributed by atoms with van der Waals surface area (Å²) in [7, 11) is 3.61. The number of nitriles is 1. The van der Waals surface area contributed by atoms with Gasteiger partial charge in [-0.3, -0.25) is 0 Å². The number of benzene rings is 2. The Kier molecular flexibility index (Phi) is 5.82. The van der Waals surface area contributed by atoms with Gasteiger partial charge in [-0.05, 0) is 48.0 Å². The zero-order chi connectivity index (χ0) is 19.9. The molecule has 3 aromatic rings. The fourth-order valence-corrected chi connectivity index (χ4v) is 2.33. The first-order valence-electron chi connectivity index (χ1n) is 8.62. The zero-order valence-electron chi connectivity index (χ0n) is 15.7. The van der Waals surface area contributed by atoms with Gasteiger partial charge in [0, 0.05) is 25.9 Å². The Bertz CT molecular complexity index is 1000. The molecule has 0 aliphatic rings. The highest BCUT2D eigenvalue weighted by molar-refractivity contribution is 5.79. The molecule has 0 aliphatic heterocycles. The maximum Gasteiger partial charge on any atom is 0.253 e. The Hall–Kier alpha value is -3.92. The van der Waals surface area contributed by atoms with Gasteiger partial charge < -0.3 is 15.4 Å². The van der Waals surface area contributed by atoms with Crippen molar-refractivity contribution in [2.24, 2.45) is 10.7 Å². The minimum atomic E-state index is 0.310. The molecule has 3 rings (SSSR count). The van der Waals surface area contributed by atoms with Crippen LogP contribution >= 0.6 is 0 Å². The molecule has 140 valence electrons. The van der Waals surface area contributed by atoms with Gasteiger partial charge >= 0.3 is 0 Å². The Balaban J connectivity index is 1.68. The highest BCUT2D eigenvalue weighted by atomic mass is 16.5. The van der Waals surface area contributed by atoms with Gasteiger partial charge in [0.1, 0.15) is 12.4 Å². The van der Waals surface area contributed by atoms with E-state index in [9.17, 15) is 0 Å². The van der Waals surface area contributed by atoms with Crippen LogP contribution in [-0.4, -0.2) is 34.9 Å². The van der Waals surface area contributed by atoms with Crippen molar-refractivity contribution < 1.29 is 4.74 Å². The molecule has 0 spiro atoms. The summed E-state index contributed by atoms with van der Waals surface area (Å²) < 4.78 is 5.80. The van der Waals surface area contributed by atoms with Gasteiger partial charge in [-0.1, -0.05) is 12.1 Å². The van der Waals surface area contributed by atoms with Crippen LogP contribution in [0, 0.1) is 11.3 Å². The lowest BCUT2D eigenvalue weighted by molar-refractivity contribution is 0.306. The molecule has 7 nitrogen and oxygen atoms in total. The zero-order valence-corrected chi connectivity index (χ0v) is 15.7. The van der Waals surface area contributed by atoms with Crippen molar-refractivity contribution in [2.45, 2.75) is 6.61 Å². The van der Waals surface area contributed by atoms with Crippen LogP contribution in [0.1, 0.15) is 11.1 Å². The molecule has 1 heterocycles. The number of aliphatic imine (C=N–C) groups is 1. The van der Waals surface area contributed by atoms with Crippen LogP contribution in [0.4, 0.5) is 5.95 Å². The number of hydrogen-bond acceptors (Lipinski definition) is 5. The number of hydrogen-bond donors (Lipinski definition) is 1. The largest absolute Gasteiger partial charge is 0.489 e. The van der Waals surface area contributed by atoms with E-state index in [1.807, 2.05) is 42.5 Å². The summed E-state index contributed by atoms with van der Waals surface area (Å²) in [5, 5.41) is 8.83. The van der Waals surface area contributed by atoms with Crippen LogP contribution in [0.5, 0.6) is 5.75 Å². The predicted molar refractivity (Wildman–Crippen MR) is 108 cm³/mol. The predicted octanol–water partition coefficient (Wildman–Crippen LogP) is 3.10. The minimum Gasteiger partial charge on any atom is -0.489 e. The summed E-state index contributed by atoms with van der Waals surface area (Å²) in [5.41, 5.74) is 9.12. The van der Waals surface area contributed by atoms with Crippen molar-refractivity contribution in [3.8, 4) is 23.1 Å². The molecule has 0 atom stereocenters. The summed E-state index contributed by atoms with van der Waals surface area (Å²) in [4.78, 5) is 14.4. The normalized spacial score (nSPS) is 11.0. The quantitative estimate of drug-likeness (QED) is 0.545. The van der Waals surface area contributed by atoms with Crippen molar-refractivity contribution in [3.63, 3.8) is 0 Å². The number of rotatable bonds is 5. The average molecular weight is 372 g/mol. The Labute approximate surface area is 163 Å². The first-order valence-corrected chi connectivity index (χ1v) is 8.62. The van der Waals surface area contributed by atoms with Crippen LogP contribution < -0.4 is 10.5 Å². The third-order valence-corrected chi connectivity index (χ3v) is 3.95. The molecule has 0 aliphatic carbocycles. The van der Waals surface area contributed by atoms with Crippen molar-refractivity contribution in [1.82, 2.24) is 14.9 Å². The van der Waals surface area contributed by atoms with Gasteiger partial charge in [-0.2, -0.15) is 10.3 Å². The van der Waals surface area contributed by atoms with Gasteiger partial charge in [0.05, 0.1) is 17.3 Å². The van der Waals surface area contributed by atoms with Crippen molar-refractivity contribution in [2.75, 3.05) is 14.1 Å². The van der Waals surface area contributed by atoms with E-state index in [4.69, 9.17) is 15.7 Å². The van der Waals surface area contributed by atoms with Gasteiger partial charge in [0.15, 0.2) is 5.96 Å². The van der Waals surface area contributed by atoms with Gasteiger partial charge in [0.2, 0.25) is 0 Å². The Morgan fingerprint density at radius 2 is 1.82 bits per heavy atom. The summed E-state index contributed by atoms with van der Waals surface area (Å²) in [5.74, 6) is 1.39. The second kappa shape index (κ2) is 8.64. The summed E-state index contributed by atoms with van der Waals surface area (Å²) >= 11 is 0. The molecule has 0 radical (unpaired) electrons. The smallest absolute Gasteiger partial charge is 0.253 e. The fourth-order valence-electron chi connectivity index (χ4n) is 2.33. The van der Waals surface area contributed by atoms with E-state index in [0.29, 0.717) is 24.1 Å². The maximum atomic E-state index is 8.83. The van der Waals surface area contributed by atoms with E-state index in [1.54, 1.807) is 37.3 Å². The molecule has 2 N–H and O–H groups in total. The highest BCUT2D eigenvalue weighted by Gasteiger charge is 2.04. The van der Waals surface area contributed by atoms with Crippen molar-refractivity contribution in [1.29, 1.82) is 5.26 Å². The summed E-state index contributed by atoms with van der Waals surface area (Å²) in [6.07, 6.45) is 1.65. The Morgan fingerprint density at radius 3 is 2.46 bits per heavy atom. The Morgan fingerprint density at radius 1 is 1.11 bits per heavy atom. The van der Waals surface area contributed by atoms with Crippen LogP contribution in [-0.2, 0) is 6.61 Å². The second-order valence-corrected chi connectivity index (χ2v) is 6.23. The number of aromatic nitrogens is 2. The van der Waals surface area contributed by atoms with Gasteiger partial charge in [0.25, 0.3) is 5.95 Å². The molecule has 0 unspecified atom stereocenters. The lowest BCUT2D eigenvalue weighted by Crippen LogP contribution is -2.29. The number of guanidine groups is 1. The van der Waals surface area contributed by atoms with Gasteiger partial charge in [-0.15, -0.1) is 0 Å². The number of nitrogens with zero attached hydrogens (tertiary/aromatic N) is 5. The molecule has 28 heavy (non-hydrogen) atoms. The van der Waals surface area contributed by atoms with E-state index >= 15 is 0 Å².